The monoisotopic (exact) mass is 289 g/mol. The van der Waals surface area contributed by atoms with E-state index in [2.05, 4.69) is 11.4 Å². The molecule has 2 rings (SSSR count). The SMILES string of the molecule is COc1ccccc1CC(=O)N(C)CCc1cccs1. The first kappa shape index (κ1) is 14.6. The summed E-state index contributed by atoms with van der Waals surface area (Å²) in [5.41, 5.74) is 0.933. The van der Waals surface area contributed by atoms with E-state index in [0.29, 0.717) is 6.42 Å². The number of thiophene rings is 1. The molecule has 1 amide bonds. The fourth-order valence-electron chi connectivity index (χ4n) is 2.00. The fraction of sp³-hybridized carbons (Fsp3) is 0.312. The Labute approximate surface area is 123 Å². The van der Waals surface area contributed by atoms with Crippen molar-refractivity contribution in [1.82, 2.24) is 4.90 Å². The third kappa shape index (κ3) is 3.84. The van der Waals surface area contributed by atoms with Crippen LogP contribution in [0.15, 0.2) is 41.8 Å². The predicted molar refractivity (Wildman–Crippen MR) is 82.4 cm³/mol. The van der Waals surface area contributed by atoms with Gasteiger partial charge in [0.15, 0.2) is 0 Å². The van der Waals surface area contributed by atoms with Gasteiger partial charge in [-0.2, -0.15) is 0 Å². The summed E-state index contributed by atoms with van der Waals surface area (Å²) < 4.78 is 5.28. The van der Waals surface area contributed by atoms with E-state index >= 15 is 0 Å². The lowest BCUT2D eigenvalue weighted by Crippen LogP contribution is -2.30. The lowest BCUT2D eigenvalue weighted by molar-refractivity contribution is -0.129. The van der Waals surface area contributed by atoms with Gasteiger partial charge in [0.25, 0.3) is 0 Å². The Balaban J connectivity index is 1.90. The molecule has 4 heteroatoms. The fourth-order valence-corrected chi connectivity index (χ4v) is 2.70. The predicted octanol–water partition coefficient (Wildman–Crippen LogP) is 3.00. The molecule has 0 bridgehead atoms. The average molecular weight is 289 g/mol. The minimum absolute atomic E-state index is 0.117. The van der Waals surface area contributed by atoms with E-state index in [1.54, 1.807) is 23.3 Å². The molecule has 0 spiro atoms. The van der Waals surface area contributed by atoms with E-state index in [9.17, 15) is 4.79 Å². The second kappa shape index (κ2) is 7.10. The highest BCUT2D eigenvalue weighted by Crippen LogP contribution is 2.18. The highest BCUT2D eigenvalue weighted by Gasteiger charge is 2.12. The van der Waals surface area contributed by atoms with Crippen molar-refractivity contribution in [2.24, 2.45) is 0 Å². The molecule has 0 radical (unpaired) electrons. The molecule has 106 valence electrons. The van der Waals surface area contributed by atoms with E-state index in [1.807, 2.05) is 37.4 Å². The first-order chi connectivity index (χ1) is 9.70. The summed E-state index contributed by atoms with van der Waals surface area (Å²) >= 11 is 1.73. The second-order valence-electron chi connectivity index (χ2n) is 4.63. The normalized spacial score (nSPS) is 10.3. The summed E-state index contributed by atoms with van der Waals surface area (Å²) in [7, 11) is 3.48. The van der Waals surface area contributed by atoms with Gasteiger partial charge in [0.1, 0.15) is 5.75 Å². The first-order valence-electron chi connectivity index (χ1n) is 6.59. The van der Waals surface area contributed by atoms with Crippen LogP contribution >= 0.6 is 11.3 Å². The standard InChI is InChI=1S/C16H19NO2S/c1-17(10-9-14-7-5-11-20-14)16(18)12-13-6-3-4-8-15(13)19-2/h3-8,11H,9-10,12H2,1-2H3. The van der Waals surface area contributed by atoms with Gasteiger partial charge in [-0.25, -0.2) is 0 Å². The zero-order chi connectivity index (χ0) is 14.4. The lowest BCUT2D eigenvalue weighted by atomic mass is 10.1. The Morgan fingerprint density at radius 1 is 1.25 bits per heavy atom. The number of ether oxygens (including phenoxy) is 1. The Morgan fingerprint density at radius 3 is 2.75 bits per heavy atom. The molecule has 0 unspecified atom stereocenters. The van der Waals surface area contributed by atoms with Crippen LogP contribution in [-0.2, 0) is 17.6 Å². The zero-order valence-electron chi connectivity index (χ0n) is 11.8. The number of nitrogens with zero attached hydrogens (tertiary/aromatic N) is 1. The number of benzene rings is 1. The van der Waals surface area contributed by atoms with Crippen LogP contribution in [0.4, 0.5) is 0 Å². The Kier molecular flexibility index (Phi) is 5.18. The van der Waals surface area contributed by atoms with Gasteiger partial charge in [-0.1, -0.05) is 24.3 Å². The molecule has 0 saturated heterocycles. The van der Waals surface area contributed by atoms with E-state index in [4.69, 9.17) is 4.74 Å². The molecule has 0 N–H and O–H groups in total. The second-order valence-corrected chi connectivity index (χ2v) is 5.67. The van der Waals surface area contributed by atoms with E-state index < -0.39 is 0 Å². The van der Waals surface area contributed by atoms with Crippen molar-refractivity contribution in [1.29, 1.82) is 0 Å². The maximum absolute atomic E-state index is 12.2. The van der Waals surface area contributed by atoms with E-state index in [0.717, 1.165) is 24.3 Å². The molecule has 0 fully saturated rings. The molecule has 0 aliphatic rings. The van der Waals surface area contributed by atoms with Crippen molar-refractivity contribution in [2.45, 2.75) is 12.8 Å². The van der Waals surface area contributed by atoms with Crippen molar-refractivity contribution in [3.8, 4) is 5.75 Å². The van der Waals surface area contributed by atoms with Crippen molar-refractivity contribution in [2.75, 3.05) is 20.7 Å². The third-order valence-corrected chi connectivity index (χ3v) is 4.17. The van der Waals surface area contributed by atoms with Crippen LogP contribution in [0.1, 0.15) is 10.4 Å². The Morgan fingerprint density at radius 2 is 2.05 bits per heavy atom. The van der Waals surface area contributed by atoms with Crippen LogP contribution in [0.3, 0.4) is 0 Å². The number of carbonyl (C=O) groups excluding carboxylic acids is 1. The van der Waals surface area contributed by atoms with Gasteiger partial charge in [0.2, 0.25) is 5.91 Å². The maximum atomic E-state index is 12.2. The molecule has 3 nitrogen and oxygen atoms in total. The van der Waals surface area contributed by atoms with Crippen molar-refractivity contribution >= 4 is 17.2 Å². The minimum atomic E-state index is 0.117. The van der Waals surface area contributed by atoms with Crippen molar-refractivity contribution in [3.63, 3.8) is 0 Å². The van der Waals surface area contributed by atoms with Crippen LogP contribution in [0, 0.1) is 0 Å². The maximum Gasteiger partial charge on any atom is 0.226 e. The van der Waals surface area contributed by atoms with Crippen LogP contribution in [0.5, 0.6) is 5.75 Å². The van der Waals surface area contributed by atoms with Crippen LogP contribution < -0.4 is 4.74 Å². The quantitative estimate of drug-likeness (QED) is 0.818. The molecule has 0 aliphatic carbocycles. The van der Waals surface area contributed by atoms with Gasteiger partial charge in [-0.3, -0.25) is 4.79 Å². The Hall–Kier alpha value is -1.81. The van der Waals surface area contributed by atoms with Gasteiger partial charge in [0.05, 0.1) is 13.5 Å². The number of hydrogen-bond acceptors (Lipinski definition) is 3. The summed E-state index contributed by atoms with van der Waals surface area (Å²) in [6.07, 6.45) is 1.29. The molecule has 2 aromatic rings. The van der Waals surface area contributed by atoms with Crippen LogP contribution in [0.2, 0.25) is 0 Å². The topological polar surface area (TPSA) is 29.5 Å². The molecular weight excluding hydrogens is 270 g/mol. The molecule has 1 heterocycles. The number of rotatable bonds is 6. The number of methoxy groups -OCH3 is 1. The number of likely N-dealkylation sites (N-methyl/N-ethyl adjacent to an activating group) is 1. The van der Waals surface area contributed by atoms with Gasteiger partial charge >= 0.3 is 0 Å². The molecular formula is C16H19NO2S. The average Bonchev–Trinajstić information content (AvgIpc) is 2.98. The highest BCUT2D eigenvalue weighted by molar-refractivity contribution is 7.09. The number of hydrogen-bond donors (Lipinski definition) is 0. The number of carbonyl (C=O) groups is 1. The third-order valence-electron chi connectivity index (χ3n) is 3.23. The van der Waals surface area contributed by atoms with E-state index in [-0.39, 0.29) is 5.91 Å². The molecule has 20 heavy (non-hydrogen) atoms. The van der Waals surface area contributed by atoms with Gasteiger partial charge in [0, 0.05) is 24.0 Å². The number of para-hydroxylation sites is 1. The van der Waals surface area contributed by atoms with Gasteiger partial charge in [-0.15, -0.1) is 11.3 Å². The van der Waals surface area contributed by atoms with Gasteiger partial charge < -0.3 is 9.64 Å². The summed E-state index contributed by atoms with van der Waals surface area (Å²) in [6.45, 7) is 0.745. The number of amides is 1. The van der Waals surface area contributed by atoms with Crippen LogP contribution in [-0.4, -0.2) is 31.5 Å². The summed E-state index contributed by atoms with van der Waals surface area (Å²) in [5, 5.41) is 2.06. The van der Waals surface area contributed by atoms with Gasteiger partial charge in [-0.05, 0) is 23.9 Å². The summed E-state index contributed by atoms with van der Waals surface area (Å²) in [4.78, 5) is 15.3. The highest BCUT2D eigenvalue weighted by atomic mass is 32.1. The minimum Gasteiger partial charge on any atom is -0.496 e. The molecule has 0 atom stereocenters. The van der Waals surface area contributed by atoms with Crippen molar-refractivity contribution in [3.05, 3.63) is 52.2 Å². The molecule has 0 aliphatic heterocycles. The summed E-state index contributed by atoms with van der Waals surface area (Å²) in [6, 6.07) is 11.8. The van der Waals surface area contributed by atoms with Crippen molar-refractivity contribution < 1.29 is 9.53 Å². The molecule has 1 aromatic carbocycles. The van der Waals surface area contributed by atoms with E-state index in [1.165, 1.54) is 4.88 Å². The summed E-state index contributed by atoms with van der Waals surface area (Å²) in [5.74, 6) is 0.888. The van der Waals surface area contributed by atoms with Crippen LogP contribution in [0.25, 0.3) is 0 Å². The molecule has 0 saturated carbocycles. The first-order valence-corrected chi connectivity index (χ1v) is 7.47. The lowest BCUT2D eigenvalue weighted by Gasteiger charge is -2.17. The Bertz CT molecular complexity index is 551. The smallest absolute Gasteiger partial charge is 0.226 e. The molecule has 1 aromatic heterocycles. The largest absolute Gasteiger partial charge is 0.496 e. The zero-order valence-corrected chi connectivity index (χ0v) is 12.7.